The van der Waals surface area contributed by atoms with Gasteiger partial charge in [-0.05, 0) is 32.6 Å². The highest BCUT2D eigenvalue weighted by Gasteiger charge is 2.36. The zero-order valence-corrected chi connectivity index (χ0v) is 9.67. The van der Waals surface area contributed by atoms with E-state index < -0.39 is 0 Å². The van der Waals surface area contributed by atoms with Gasteiger partial charge in [-0.3, -0.25) is 0 Å². The molecule has 0 radical (unpaired) electrons. The van der Waals surface area contributed by atoms with Gasteiger partial charge in [0.15, 0.2) is 0 Å². The second-order valence-corrected chi connectivity index (χ2v) is 5.34. The van der Waals surface area contributed by atoms with Crippen molar-refractivity contribution in [3.63, 3.8) is 0 Å². The lowest BCUT2D eigenvalue weighted by Gasteiger charge is -2.18. The van der Waals surface area contributed by atoms with Crippen LogP contribution >= 0.6 is 0 Å². The molecule has 3 heteroatoms. The Kier molecular flexibility index (Phi) is 3.65. The Balaban J connectivity index is 1.53. The highest BCUT2D eigenvalue weighted by atomic mass is 16.5. The second kappa shape index (κ2) is 4.81. The average molecular weight is 213 g/mol. The SMILES string of the molecule is CC1(NCC(O)COC2CCCC2)CC1. The van der Waals surface area contributed by atoms with E-state index in [4.69, 9.17) is 4.74 Å². The zero-order valence-electron chi connectivity index (χ0n) is 9.67. The lowest BCUT2D eigenvalue weighted by Crippen LogP contribution is -2.37. The summed E-state index contributed by atoms with van der Waals surface area (Å²) < 4.78 is 5.66. The van der Waals surface area contributed by atoms with Crippen molar-refractivity contribution >= 4 is 0 Å². The molecule has 0 amide bonds. The summed E-state index contributed by atoms with van der Waals surface area (Å²) >= 11 is 0. The van der Waals surface area contributed by atoms with Crippen molar-refractivity contribution in [2.75, 3.05) is 13.2 Å². The molecule has 88 valence electrons. The molecule has 2 fully saturated rings. The summed E-state index contributed by atoms with van der Waals surface area (Å²) in [5, 5.41) is 13.1. The lowest BCUT2D eigenvalue weighted by molar-refractivity contribution is -0.00635. The summed E-state index contributed by atoms with van der Waals surface area (Å²) in [5.74, 6) is 0. The molecule has 1 atom stereocenters. The van der Waals surface area contributed by atoms with Gasteiger partial charge in [-0.1, -0.05) is 12.8 Å². The summed E-state index contributed by atoms with van der Waals surface area (Å²) in [6.45, 7) is 3.37. The molecule has 0 bridgehead atoms. The lowest BCUT2D eigenvalue weighted by atomic mass is 10.3. The van der Waals surface area contributed by atoms with Crippen molar-refractivity contribution in [2.45, 2.75) is 63.2 Å². The van der Waals surface area contributed by atoms with Gasteiger partial charge in [-0.15, -0.1) is 0 Å². The molecular formula is C12H23NO2. The molecule has 2 aliphatic rings. The Morgan fingerprint density at radius 3 is 2.67 bits per heavy atom. The summed E-state index contributed by atoms with van der Waals surface area (Å²) in [5.41, 5.74) is 0.314. The first-order valence-electron chi connectivity index (χ1n) is 6.23. The minimum atomic E-state index is -0.344. The second-order valence-electron chi connectivity index (χ2n) is 5.34. The summed E-state index contributed by atoms with van der Waals surface area (Å²) in [7, 11) is 0. The predicted octanol–water partition coefficient (Wildman–Crippen LogP) is 1.45. The standard InChI is InChI=1S/C12H23NO2/c1-12(6-7-12)13-8-10(14)9-15-11-4-2-3-5-11/h10-11,13-14H,2-9H2,1H3. The fourth-order valence-corrected chi connectivity index (χ4v) is 2.09. The molecular weight excluding hydrogens is 190 g/mol. The molecule has 2 N–H and O–H groups in total. The van der Waals surface area contributed by atoms with Crippen LogP contribution in [0.4, 0.5) is 0 Å². The summed E-state index contributed by atoms with van der Waals surface area (Å²) in [4.78, 5) is 0. The molecule has 1 unspecified atom stereocenters. The Labute approximate surface area is 92.2 Å². The first-order valence-corrected chi connectivity index (χ1v) is 6.23. The van der Waals surface area contributed by atoms with Crippen LogP contribution in [-0.2, 0) is 4.74 Å². The van der Waals surface area contributed by atoms with Crippen LogP contribution in [0.3, 0.4) is 0 Å². The van der Waals surface area contributed by atoms with Gasteiger partial charge >= 0.3 is 0 Å². The highest BCUT2D eigenvalue weighted by molar-refractivity contribution is 4.97. The van der Waals surface area contributed by atoms with E-state index in [1.165, 1.54) is 38.5 Å². The zero-order chi connectivity index (χ0) is 10.7. The quantitative estimate of drug-likeness (QED) is 0.701. The van der Waals surface area contributed by atoms with Crippen LogP contribution in [0, 0.1) is 0 Å². The normalized spacial score (nSPS) is 26.8. The first kappa shape index (κ1) is 11.4. The molecule has 0 aromatic carbocycles. The number of hydrogen-bond donors (Lipinski definition) is 2. The van der Waals surface area contributed by atoms with Crippen LogP contribution in [0.5, 0.6) is 0 Å². The van der Waals surface area contributed by atoms with Crippen molar-refractivity contribution in [1.82, 2.24) is 5.32 Å². The van der Waals surface area contributed by atoms with Crippen LogP contribution in [0.1, 0.15) is 45.4 Å². The Hall–Kier alpha value is -0.120. The van der Waals surface area contributed by atoms with E-state index in [1.807, 2.05) is 0 Å². The number of rotatable bonds is 6. The molecule has 0 heterocycles. The number of ether oxygens (including phenoxy) is 1. The van der Waals surface area contributed by atoms with Gasteiger partial charge in [0, 0.05) is 12.1 Å². The van der Waals surface area contributed by atoms with Gasteiger partial charge in [-0.2, -0.15) is 0 Å². The smallest absolute Gasteiger partial charge is 0.0898 e. The summed E-state index contributed by atoms with van der Waals surface area (Å²) in [6.07, 6.45) is 7.48. The fourth-order valence-electron chi connectivity index (χ4n) is 2.09. The van der Waals surface area contributed by atoms with E-state index in [0.717, 1.165) is 0 Å². The van der Waals surface area contributed by atoms with E-state index in [9.17, 15) is 5.11 Å². The minimum absolute atomic E-state index is 0.314. The van der Waals surface area contributed by atoms with Gasteiger partial charge in [0.2, 0.25) is 0 Å². The predicted molar refractivity (Wildman–Crippen MR) is 59.9 cm³/mol. The molecule has 0 spiro atoms. The van der Waals surface area contributed by atoms with Crippen LogP contribution in [0.2, 0.25) is 0 Å². The number of aliphatic hydroxyl groups is 1. The Morgan fingerprint density at radius 2 is 2.07 bits per heavy atom. The average Bonchev–Trinajstić information content (AvgIpc) is 2.77. The number of β-amino-alcohol motifs (C(OH)–C–C–N with tert-alkyl or cyclic N) is 1. The van der Waals surface area contributed by atoms with E-state index >= 15 is 0 Å². The Morgan fingerprint density at radius 1 is 1.40 bits per heavy atom. The van der Waals surface area contributed by atoms with E-state index in [-0.39, 0.29) is 6.10 Å². The molecule has 0 aromatic rings. The topological polar surface area (TPSA) is 41.5 Å². The number of aliphatic hydroxyl groups excluding tert-OH is 1. The van der Waals surface area contributed by atoms with Crippen molar-refractivity contribution in [1.29, 1.82) is 0 Å². The minimum Gasteiger partial charge on any atom is -0.389 e. The number of nitrogens with one attached hydrogen (secondary N) is 1. The van der Waals surface area contributed by atoms with E-state index in [1.54, 1.807) is 0 Å². The maximum absolute atomic E-state index is 9.71. The van der Waals surface area contributed by atoms with Crippen molar-refractivity contribution in [2.24, 2.45) is 0 Å². The molecule has 0 aromatic heterocycles. The maximum Gasteiger partial charge on any atom is 0.0898 e. The summed E-state index contributed by atoms with van der Waals surface area (Å²) in [6, 6.07) is 0. The van der Waals surface area contributed by atoms with Gasteiger partial charge < -0.3 is 15.2 Å². The third kappa shape index (κ3) is 3.74. The molecule has 3 nitrogen and oxygen atoms in total. The van der Waals surface area contributed by atoms with Crippen LogP contribution in [0.15, 0.2) is 0 Å². The van der Waals surface area contributed by atoms with Gasteiger partial charge in [0.05, 0.1) is 18.8 Å². The van der Waals surface area contributed by atoms with E-state index in [0.29, 0.717) is 24.8 Å². The van der Waals surface area contributed by atoms with Crippen LogP contribution in [-0.4, -0.2) is 36.0 Å². The largest absolute Gasteiger partial charge is 0.389 e. The van der Waals surface area contributed by atoms with Crippen molar-refractivity contribution in [3.05, 3.63) is 0 Å². The van der Waals surface area contributed by atoms with Gasteiger partial charge in [0.25, 0.3) is 0 Å². The molecule has 0 aliphatic heterocycles. The molecule has 2 saturated carbocycles. The third-order valence-corrected chi connectivity index (χ3v) is 3.59. The monoisotopic (exact) mass is 213 g/mol. The maximum atomic E-state index is 9.71. The van der Waals surface area contributed by atoms with Crippen molar-refractivity contribution < 1.29 is 9.84 Å². The van der Waals surface area contributed by atoms with Crippen LogP contribution < -0.4 is 5.32 Å². The Bertz CT molecular complexity index is 198. The molecule has 15 heavy (non-hydrogen) atoms. The van der Waals surface area contributed by atoms with E-state index in [2.05, 4.69) is 12.2 Å². The van der Waals surface area contributed by atoms with Crippen LogP contribution in [0.25, 0.3) is 0 Å². The van der Waals surface area contributed by atoms with Crippen molar-refractivity contribution in [3.8, 4) is 0 Å². The van der Waals surface area contributed by atoms with Gasteiger partial charge in [0.1, 0.15) is 0 Å². The molecule has 2 aliphatic carbocycles. The third-order valence-electron chi connectivity index (χ3n) is 3.59. The fraction of sp³-hybridized carbons (Fsp3) is 1.00. The molecule has 0 saturated heterocycles. The highest BCUT2D eigenvalue weighted by Crippen LogP contribution is 2.34. The van der Waals surface area contributed by atoms with Gasteiger partial charge in [-0.25, -0.2) is 0 Å². The number of hydrogen-bond acceptors (Lipinski definition) is 3. The first-order chi connectivity index (χ1) is 7.18. The molecule has 2 rings (SSSR count).